The zero-order valence-electron chi connectivity index (χ0n) is 17.5. The molecule has 2 aromatic heterocycles. The van der Waals surface area contributed by atoms with E-state index in [1.165, 1.54) is 9.13 Å². The van der Waals surface area contributed by atoms with Crippen molar-refractivity contribution >= 4 is 23.0 Å². The average molecular weight is 427 g/mol. The zero-order chi connectivity index (χ0) is 22.4. The van der Waals surface area contributed by atoms with Gasteiger partial charge in [0.05, 0.1) is 6.42 Å². The van der Waals surface area contributed by atoms with Crippen molar-refractivity contribution in [2.24, 2.45) is 7.05 Å². The van der Waals surface area contributed by atoms with Crippen LogP contribution in [-0.2, 0) is 40.9 Å². The highest BCUT2D eigenvalue weighted by molar-refractivity contribution is 5.83. The van der Waals surface area contributed by atoms with Crippen LogP contribution in [0.5, 0.6) is 0 Å². The molecular weight excluding hydrogens is 402 g/mol. The number of nitrogens with one attached hydrogen (secondary N) is 2. The van der Waals surface area contributed by atoms with Gasteiger partial charge in [-0.25, -0.2) is 9.78 Å². The monoisotopic (exact) mass is 427 g/mol. The number of ether oxygens (including phenoxy) is 1. The fourth-order valence-corrected chi connectivity index (χ4v) is 3.15. The Morgan fingerprint density at radius 3 is 2.65 bits per heavy atom. The Labute approximate surface area is 177 Å². The van der Waals surface area contributed by atoms with Gasteiger partial charge in [0.2, 0.25) is 5.91 Å². The minimum Gasteiger partial charge on any atom is -0.456 e. The highest BCUT2D eigenvalue weighted by Crippen LogP contribution is 2.11. The quantitative estimate of drug-likeness (QED) is 0.482. The first kappa shape index (κ1) is 22.0. The third kappa shape index (κ3) is 5.27. The number of aryl methyl sites for hydroxylation is 2. The van der Waals surface area contributed by atoms with Crippen LogP contribution in [0.15, 0.2) is 39.9 Å². The molecule has 0 unspecified atom stereocenters. The number of imidazole rings is 1. The minimum absolute atomic E-state index is 0.164. The van der Waals surface area contributed by atoms with E-state index in [0.717, 1.165) is 18.4 Å². The predicted molar refractivity (Wildman–Crippen MR) is 113 cm³/mol. The summed E-state index contributed by atoms with van der Waals surface area (Å²) in [7, 11) is 1.62. The lowest BCUT2D eigenvalue weighted by molar-refractivity contribution is -0.145. The van der Waals surface area contributed by atoms with Gasteiger partial charge in [-0.2, -0.15) is 0 Å². The molecule has 0 aliphatic heterocycles. The molecule has 0 bridgehead atoms. The standard InChI is InChI=1S/C21H25N5O5/c1-3-4-10-26-19-18(20(29)24-21(26)30)25(2)15(23-19)13-31-17(28)12-22-16(27)11-14-8-6-5-7-9-14/h5-9H,3-4,10-13H2,1-2H3,(H,22,27)(H,24,29,30). The summed E-state index contributed by atoms with van der Waals surface area (Å²) >= 11 is 0. The molecule has 2 N–H and O–H groups in total. The summed E-state index contributed by atoms with van der Waals surface area (Å²) in [4.78, 5) is 55.0. The van der Waals surface area contributed by atoms with Crippen LogP contribution in [0, 0.1) is 0 Å². The van der Waals surface area contributed by atoms with E-state index in [1.54, 1.807) is 7.05 Å². The van der Waals surface area contributed by atoms with E-state index in [4.69, 9.17) is 4.74 Å². The van der Waals surface area contributed by atoms with E-state index in [2.05, 4.69) is 15.3 Å². The molecule has 0 spiro atoms. The lowest BCUT2D eigenvalue weighted by Crippen LogP contribution is -2.31. The number of fused-ring (bicyclic) bond motifs is 1. The van der Waals surface area contributed by atoms with Crippen LogP contribution in [0.2, 0.25) is 0 Å². The van der Waals surface area contributed by atoms with Gasteiger partial charge in [0.25, 0.3) is 5.56 Å². The summed E-state index contributed by atoms with van der Waals surface area (Å²) in [5, 5.41) is 2.52. The molecule has 10 heteroatoms. The maximum absolute atomic E-state index is 12.2. The maximum Gasteiger partial charge on any atom is 0.330 e. The lowest BCUT2D eigenvalue weighted by Gasteiger charge is -2.07. The van der Waals surface area contributed by atoms with Gasteiger partial charge in [0.15, 0.2) is 11.2 Å². The van der Waals surface area contributed by atoms with Crippen molar-refractivity contribution in [3.8, 4) is 0 Å². The fraction of sp³-hybridized carbons (Fsp3) is 0.381. The predicted octanol–water partition coefficient (Wildman–Crippen LogP) is 0.626. The SMILES string of the molecule is CCCCn1c(=O)[nH]c(=O)c2c1nc(COC(=O)CNC(=O)Cc1ccccc1)n2C. The smallest absolute Gasteiger partial charge is 0.330 e. The van der Waals surface area contributed by atoms with Gasteiger partial charge >= 0.3 is 11.7 Å². The van der Waals surface area contributed by atoms with Gasteiger partial charge in [-0.05, 0) is 12.0 Å². The minimum atomic E-state index is -0.634. The topological polar surface area (TPSA) is 128 Å². The summed E-state index contributed by atoms with van der Waals surface area (Å²) in [6.45, 7) is 1.94. The molecule has 1 aromatic carbocycles. The van der Waals surface area contributed by atoms with E-state index >= 15 is 0 Å². The highest BCUT2D eigenvalue weighted by Gasteiger charge is 2.17. The molecule has 0 aliphatic rings. The van der Waals surface area contributed by atoms with Crippen molar-refractivity contribution in [2.45, 2.75) is 39.3 Å². The summed E-state index contributed by atoms with van der Waals surface area (Å²) in [5.74, 6) is -0.608. The summed E-state index contributed by atoms with van der Waals surface area (Å²) in [5.41, 5.74) is 0.263. The second kappa shape index (κ2) is 9.88. The highest BCUT2D eigenvalue weighted by atomic mass is 16.5. The fourth-order valence-electron chi connectivity index (χ4n) is 3.15. The first-order chi connectivity index (χ1) is 14.9. The maximum atomic E-state index is 12.2. The van der Waals surface area contributed by atoms with Crippen molar-refractivity contribution in [1.29, 1.82) is 0 Å². The van der Waals surface area contributed by atoms with E-state index in [1.807, 2.05) is 37.3 Å². The number of aromatic nitrogens is 4. The molecule has 0 saturated carbocycles. The molecule has 164 valence electrons. The number of carbonyl (C=O) groups excluding carboxylic acids is 2. The number of rotatable bonds is 9. The molecule has 31 heavy (non-hydrogen) atoms. The van der Waals surface area contributed by atoms with Gasteiger partial charge < -0.3 is 14.6 Å². The Morgan fingerprint density at radius 1 is 1.19 bits per heavy atom. The molecule has 0 fully saturated rings. The Kier molecular flexibility index (Phi) is 7.01. The van der Waals surface area contributed by atoms with Crippen LogP contribution in [0.1, 0.15) is 31.2 Å². The van der Waals surface area contributed by atoms with Crippen molar-refractivity contribution in [3.05, 3.63) is 62.6 Å². The Balaban J connectivity index is 1.64. The van der Waals surface area contributed by atoms with Crippen molar-refractivity contribution < 1.29 is 14.3 Å². The molecular formula is C21H25N5O5. The summed E-state index contributed by atoms with van der Waals surface area (Å²) in [6, 6.07) is 9.18. The van der Waals surface area contributed by atoms with Gasteiger partial charge in [0, 0.05) is 13.6 Å². The largest absolute Gasteiger partial charge is 0.456 e. The molecule has 0 atom stereocenters. The van der Waals surface area contributed by atoms with Gasteiger partial charge in [-0.15, -0.1) is 0 Å². The molecule has 3 rings (SSSR count). The van der Waals surface area contributed by atoms with Crippen molar-refractivity contribution in [2.75, 3.05) is 6.54 Å². The number of benzene rings is 1. The second-order valence-electron chi connectivity index (χ2n) is 7.12. The van der Waals surface area contributed by atoms with Crippen LogP contribution in [0.25, 0.3) is 11.2 Å². The number of hydrogen-bond donors (Lipinski definition) is 2. The van der Waals surface area contributed by atoms with Gasteiger partial charge in [-0.3, -0.25) is 23.9 Å². The second-order valence-corrected chi connectivity index (χ2v) is 7.12. The number of amides is 1. The number of aromatic amines is 1. The molecule has 2 heterocycles. The number of carbonyl (C=O) groups is 2. The normalized spacial score (nSPS) is 10.9. The Hall–Kier alpha value is -3.69. The number of unbranched alkanes of at least 4 members (excludes halogenated alkanes) is 1. The lowest BCUT2D eigenvalue weighted by atomic mass is 10.1. The molecule has 0 aliphatic carbocycles. The van der Waals surface area contributed by atoms with Crippen molar-refractivity contribution in [3.63, 3.8) is 0 Å². The van der Waals surface area contributed by atoms with Crippen LogP contribution in [-0.4, -0.2) is 37.5 Å². The van der Waals surface area contributed by atoms with Gasteiger partial charge in [-0.1, -0.05) is 43.7 Å². The third-order valence-corrected chi connectivity index (χ3v) is 4.84. The molecule has 3 aromatic rings. The van der Waals surface area contributed by atoms with E-state index in [-0.39, 0.29) is 36.6 Å². The Morgan fingerprint density at radius 2 is 1.94 bits per heavy atom. The van der Waals surface area contributed by atoms with Crippen LogP contribution >= 0.6 is 0 Å². The first-order valence-corrected chi connectivity index (χ1v) is 10.0. The van der Waals surface area contributed by atoms with Crippen LogP contribution < -0.4 is 16.6 Å². The number of esters is 1. The third-order valence-electron chi connectivity index (χ3n) is 4.84. The zero-order valence-corrected chi connectivity index (χ0v) is 17.5. The summed E-state index contributed by atoms with van der Waals surface area (Å²) in [6.07, 6.45) is 1.79. The number of nitrogens with zero attached hydrogens (tertiary/aromatic N) is 3. The van der Waals surface area contributed by atoms with E-state index in [9.17, 15) is 19.2 Å². The van der Waals surface area contributed by atoms with E-state index < -0.39 is 17.2 Å². The molecule has 10 nitrogen and oxygen atoms in total. The van der Waals surface area contributed by atoms with Crippen LogP contribution in [0.3, 0.4) is 0 Å². The molecule has 0 saturated heterocycles. The molecule has 0 radical (unpaired) electrons. The van der Waals surface area contributed by atoms with Crippen LogP contribution in [0.4, 0.5) is 0 Å². The Bertz CT molecular complexity index is 1190. The summed E-state index contributed by atoms with van der Waals surface area (Å²) < 4.78 is 8.10. The average Bonchev–Trinajstić information content (AvgIpc) is 3.08. The molecule has 1 amide bonds. The number of H-pyrrole nitrogens is 1. The van der Waals surface area contributed by atoms with Gasteiger partial charge in [0.1, 0.15) is 19.0 Å². The number of hydrogen-bond acceptors (Lipinski definition) is 6. The first-order valence-electron chi connectivity index (χ1n) is 10.0. The van der Waals surface area contributed by atoms with Crippen molar-refractivity contribution in [1.82, 2.24) is 24.4 Å². The van der Waals surface area contributed by atoms with E-state index in [0.29, 0.717) is 12.4 Å².